The van der Waals surface area contributed by atoms with Gasteiger partial charge in [-0.15, -0.1) is 11.3 Å². The van der Waals surface area contributed by atoms with Gasteiger partial charge in [0.25, 0.3) is 5.91 Å². The summed E-state index contributed by atoms with van der Waals surface area (Å²) in [5.41, 5.74) is 2.87. The van der Waals surface area contributed by atoms with E-state index in [-0.39, 0.29) is 5.91 Å². The van der Waals surface area contributed by atoms with Crippen LogP contribution in [0.2, 0.25) is 0 Å². The first-order chi connectivity index (χ1) is 11.7. The molecule has 3 aromatic rings. The number of benzene rings is 1. The predicted octanol–water partition coefficient (Wildman–Crippen LogP) is 4.66. The molecule has 0 spiro atoms. The Bertz CT molecular complexity index is 845. The fraction of sp³-hybridized carbons (Fsp3) is 0.368. The fourth-order valence-electron chi connectivity index (χ4n) is 3.01. The van der Waals surface area contributed by atoms with E-state index in [1.54, 1.807) is 16.2 Å². The molecule has 2 heterocycles. The fourth-order valence-corrected chi connectivity index (χ4v) is 3.83. The maximum atomic E-state index is 12.5. The van der Waals surface area contributed by atoms with Gasteiger partial charge in [0.1, 0.15) is 10.7 Å². The predicted molar refractivity (Wildman–Crippen MR) is 101 cm³/mol. The highest BCUT2D eigenvalue weighted by atomic mass is 32.1. The van der Waals surface area contributed by atoms with Crippen molar-refractivity contribution in [1.29, 1.82) is 0 Å². The van der Waals surface area contributed by atoms with Crippen molar-refractivity contribution in [3.05, 3.63) is 41.4 Å². The van der Waals surface area contributed by atoms with Gasteiger partial charge in [-0.2, -0.15) is 0 Å². The molecule has 0 saturated carbocycles. The molecular weight excluding hydrogens is 318 g/mol. The molecule has 1 aromatic carbocycles. The summed E-state index contributed by atoms with van der Waals surface area (Å²) in [7, 11) is 0. The van der Waals surface area contributed by atoms with Crippen LogP contribution in [-0.2, 0) is 6.54 Å². The first kappa shape index (κ1) is 16.7. The number of hydrogen-bond acceptors (Lipinski definition) is 3. The van der Waals surface area contributed by atoms with Crippen molar-refractivity contribution in [3.8, 4) is 10.7 Å². The van der Waals surface area contributed by atoms with Gasteiger partial charge in [-0.05, 0) is 32.4 Å². The molecule has 0 aliphatic rings. The van der Waals surface area contributed by atoms with E-state index < -0.39 is 0 Å². The topological polar surface area (TPSA) is 38.1 Å². The number of aryl methyl sites for hydroxylation is 1. The summed E-state index contributed by atoms with van der Waals surface area (Å²) in [6.45, 7) is 8.52. The average molecular weight is 341 g/mol. The average Bonchev–Trinajstić information content (AvgIpc) is 3.21. The highest BCUT2D eigenvalue weighted by Gasteiger charge is 2.19. The van der Waals surface area contributed by atoms with Gasteiger partial charge in [0, 0.05) is 35.9 Å². The van der Waals surface area contributed by atoms with Crippen LogP contribution in [0.3, 0.4) is 0 Å². The third-order valence-electron chi connectivity index (χ3n) is 4.25. The van der Waals surface area contributed by atoms with Crippen molar-refractivity contribution in [2.75, 3.05) is 13.1 Å². The number of thiazole rings is 1. The van der Waals surface area contributed by atoms with Crippen LogP contribution >= 0.6 is 11.3 Å². The van der Waals surface area contributed by atoms with Crippen LogP contribution in [0.1, 0.15) is 37.7 Å². The molecule has 0 atom stereocenters. The van der Waals surface area contributed by atoms with E-state index in [1.165, 1.54) is 10.9 Å². The molecule has 126 valence electrons. The lowest BCUT2D eigenvalue weighted by molar-refractivity contribution is 0.0768. The third kappa shape index (κ3) is 2.96. The zero-order valence-electron chi connectivity index (χ0n) is 14.5. The van der Waals surface area contributed by atoms with Gasteiger partial charge in [-0.3, -0.25) is 4.79 Å². The smallest absolute Gasteiger partial charge is 0.273 e. The lowest BCUT2D eigenvalue weighted by atomic mass is 10.2. The molecule has 1 amide bonds. The Labute approximate surface area is 146 Å². The number of carbonyl (C=O) groups excluding carboxylic acids is 1. The van der Waals surface area contributed by atoms with Crippen LogP contribution in [0.5, 0.6) is 0 Å². The Balaban J connectivity index is 2.02. The van der Waals surface area contributed by atoms with Crippen LogP contribution < -0.4 is 0 Å². The van der Waals surface area contributed by atoms with E-state index in [2.05, 4.69) is 46.8 Å². The lowest BCUT2D eigenvalue weighted by Crippen LogP contribution is -2.30. The van der Waals surface area contributed by atoms with Gasteiger partial charge in [0.15, 0.2) is 0 Å². The molecule has 0 bridgehead atoms. The van der Waals surface area contributed by atoms with Crippen LogP contribution in [0, 0.1) is 0 Å². The summed E-state index contributed by atoms with van der Waals surface area (Å²) < 4.78 is 2.31. The van der Waals surface area contributed by atoms with E-state index in [0.717, 1.165) is 23.7 Å². The van der Waals surface area contributed by atoms with Gasteiger partial charge < -0.3 is 9.47 Å². The minimum absolute atomic E-state index is 0.0145. The summed E-state index contributed by atoms with van der Waals surface area (Å²) in [6, 6.07) is 10.6. The largest absolute Gasteiger partial charge is 0.339 e. The molecule has 0 radical (unpaired) electrons. The summed E-state index contributed by atoms with van der Waals surface area (Å²) in [5, 5.41) is 4.01. The van der Waals surface area contributed by atoms with Gasteiger partial charge in [-0.1, -0.05) is 25.1 Å². The van der Waals surface area contributed by atoms with E-state index >= 15 is 0 Å². The van der Waals surface area contributed by atoms with E-state index in [1.807, 2.05) is 19.2 Å². The molecule has 0 unspecified atom stereocenters. The highest BCUT2D eigenvalue weighted by Crippen LogP contribution is 2.31. The number of hydrogen-bond donors (Lipinski definition) is 0. The van der Waals surface area contributed by atoms with Crippen molar-refractivity contribution in [3.63, 3.8) is 0 Å². The van der Waals surface area contributed by atoms with Gasteiger partial charge in [0.05, 0.1) is 5.69 Å². The van der Waals surface area contributed by atoms with Crippen LogP contribution in [-0.4, -0.2) is 33.4 Å². The van der Waals surface area contributed by atoms with E-state index in [0.29, 0.717) is 18.8 Å². The maximum absolute atomic E-state index is 12.5. The van der Waals surface area contributed by atoms with E-state index in [4.69, 9.17) is 0 Å². The molecule has 2 aromatic heterocycles. The van der Waals surface area contributed by atoms with Crippen molar-refractivity contribution < 1.29 is 4.79 Å². The minimum atomic E-state index is 0.0145. The van der Waals surface area contributed by atoms with Crippen molar-refractivity contribution in [1.82, 2.24) is 14.5 Å². The Morgan fingerprint density at radius 1 is 1.21 bits per heavy atom. The first-order valence-electron chi connectivity index (χ1n) is 8.53. The molecule has 5 heteroatoms. The molecular formula is C19H23N3OS. The summed E-state index contributed by atoms with van der Waals surface area (Å²) in [4.78, 5) is 18.9. The number of fused-ring (bicyclic) bond motifs is 1. The number of amides is 1. The third-order valence-corrected chi connectivity index (χ3v) is 5.12. The molecule has 0 aliphatic carbocycles. The minimum Gasteiger partial charge on any atom is -0.339 e. The number of para-hydroxylation sites is 1. The van der Waals surface area contributed by atoms with Crippen LogP contribution in [0.15, 0.2) is 35.7 Å². The number of carbonyl (C=O) groups is 1. The van der Waals surface area contributed by atoms with Crippen molar-refractivity contribution in [2.24, 2.45) is 0 Å². The molecule has 0 aliphatic heterocycles. The Kier molecular flexibility index (Phi) is 5.00. The van der Waals surface area contributed by atoms with E-state index in [9.17, 15) is 4.79 Å². The Morgan fingerprint density at radius 2 is 1.96 bits per heavy atom. The molecule has 0 fully saturated rings. The zero-order valence-corrected chi connectivity index (χ0v) is 15.3. The standard InChI is InChI=1S/C19H23N3OS/c1-4-11-22-16-10-8-7-9-14(16)12-17(22)18-20-15(13-24-18)19(23)21(5-2)6-3/h7-10,12-13H,4-6,11H2,1-3H3. The molecule has 0 saturated heterocycles. The monoisotopic (exact) mass is 341 g/mol. The SMILES string of the molecule is CCCn1c(-c2nc(C(=O)N(CC)CC)cs2)cc2ccccc21. The van der Waals surface area contributed by atoms with Crippen LogP contribution in [0.25, 0.3) is 21.6 Å². The molecule has 0 N–H and O–H groups in total. The van der Waals surface area contributed by atoms with Gasteiger partial charge in [-0.25, -0.2) is 4.98 Å². The second-order valence-electron chi connectivity index (χ2n) is 5.76. The van der Waals surface area contributed by atoms with Crippen molar-refractivity contribution >= 4 is 28.1 Å². The first-order valence-corrected chi connectivity index (χ1v) is 9.41. The summed E-state index contributed by atoms with van der Waals surface area (Å²) >= 11 is 1.55. The lowest BCUT2D eigenvalue weighted by Gasteiger charge is -2.16. The zero-order chi connectivity index (χ0) is 17.1. The molecule has 4 nitrogen and oxygen atoms in total. The molecule has 3 rings (SSSR count). The number of aromatic nitrogens is 2. The number of nitrogens with zero attached hydrogens (tertiary/aromatic N) is 3. The van der Waals surface area contributed by atoms with Crippen molar-refractivity contribution in [2.45, 2.75) is 33.7 Å². The second-order valence-corrected chi connectivity index (χ2v) is 6.61. The second kappa shape index (κ2) is 7.18. The van der Waals surface area contributed by atoms with Gasteiger partial charge in [0.2, 0.25) is 0 Å². The molecule has 24 heavy (non-hydrogen) atoms. The summed E-state index contributed by atoms with van der Waals surface area (Å²) in [6.07, 6.45) is 1.06. The quantitative estimate of drug-likeness (QED) is 0.654. The van der Waals surface area contributed by atoms with Gasteiger partial charge >= 0.3 is 0 Å². The Morgan fingerprint density at radius 3 is 2.67 bits per heavy atom. The highest BCUT2D eigenvalue weighted by molar-refractivity contribution is 7.13. The summed E-state index contributed by atoms with van der Waals surface area (Å²) in [5.74, 6) is 0.0145. The maximum Gasteiger partial charge on any atom is 0.273 e. The number of rotatable bonds is 6. The normalized spacial score (nSPS) is 11.1. The Hall–Kier alpha value is -2.14. The van der Waals surface area contributed by atoms with Crippen LogP contribution in [0.4, 0.5) is 0 Å².